The molecule has 1 unspecified atom stereocenters. The van der Waals surface area contributed by atoms with Crippen molar-refractivity contribution >= 4 is 11.3 Å². The van der Waals surface area contributed by atoms with E-state index in [4.69, 9.17) is 4.42 Å². The topological polar surface area (TPSA) is 25.2 Å². The molecule has 0 fully saturated rings. The van der Waals surface area contributed by atoms with Crippen LogP contribution in [0, 0.1) is 13.8 Å². The van der Waals surface area contributed by atoms with E-state index in [0.717, 1.165) is 12.3 Å². The van der Waals surface area contributed by atoms with Crippen molar-refractivity contribution in [2.75, 3.05) is 6.54 Å². The summed E-state index contributed by atoms with van der Waals surface area (Å²) in [6.07, 6.45) is 1.76. The van der Waals surface area contributed by atoms with E-state index in [1.165, 1.54) is 16.0 Å². The minimum Gasteiger partial charge on any atom is -0.469 e. The van der Waals surface area contributed by atoms with Crippen molar-refractivity contribution < 1.29 is 4.42 Å². The van der Waals surface area contributed by atoms with E-state index in [1.807, 2.05) is 6.92 Å². The predicted octanol–water partition coefficient (Wildman–Crippen LogP) is 3.66. The molecule has 1 N–H and O–H groups in total. The molecule has 0 aliphatic heterocycles. The van der Waals surface area contributed by atoms with E-state index in [2.05, 4.69) is 36.7 Å². The molecule has 1 atom stereocenters. The molecule has 2 rings (SSSR count). The van der Waals surface area contributed by atoms with Gasteiger partial charge in [0.05, 0.1) is 12.3 Å². The Kier molecular flexibility index (Phi) is 3.46. The van der Waals surface area contributed by atoms with Crippen molar-refractivity contribution in [3.63, 3.8) is 0 Å². The molecule has 0 saturated carbocycles. The van der Waals surface area contributed by atoms with Crippen LogP contribution in [0.1, 0.15) is 34.7 Å². The van der Waals surface area contributed by atoms with Gasteiger partial charge in [-0.25, -0.2) is 0 Å². The quantitative estimate of drug-likeness (QED) is 0.875. The first-order chi connectivity index (χ1) is 7.74. The van der Waals surface area contributed by atoms with E-state index in [0.29, 0.717) is 0 Å². The maximum absolute atomic E-state index is 5.39. The van der Waals surface area contributed by atoms with Crippen molar-refractivity contribution in [2.45, 2.75) is 26.8 Å². The van der Waals surface area contributed by atoms with Crippen molar-refractivity contribution in [2.24, 2.45) is 0 Å². The summed E-state index contributed by atoms with van der Waals surface area (Å²) in [7, 11) is 0. The predicted molar refractivity (Wildman–Crippen MR) is 68.0 cm³/mol. The van der Waals surface area contributed by atoms with Gasteiger partial charge in [-0.05, 0) is 43.5 Å². The lowest BCUT2D eigenvalue weighted by Crippen LogP contribution is -2.21. The summed E-state index contributed by atoms with van der Waals surface area (Å²) < 4.78 is 5.39. The Hall–Kier alpha value is -1.06. The second-order valence-corrected chi connectivity index (χ2v) is 4.84. The molecule has 0 aromatic carbocycles. The number of hydrogen-bond donors (Lipinski definition) is 1. The molecule has 0 aliphatic rings. The van der Waals surface area contributed by atoms with Crippen LogP contribution in [0.2, 0.25) is 0 Å². The van der Waals surface area contributed by atoms with Crippen LogP contribution >= 0.6 is 11.3 Å². The Morgan fingerprint density at radius 2 is 2.19 bits per heavy atom. The molecule has 86 valence electrons. The molecule has 2 heterocycles. The Balaban J connectivity index is 2.39. The smallest absolute Gasteiger partial charge is 0.105 e. The van der Waals surface area contributed by atoms with E-state index < -0.39 is 0 Å². The highest BCUT2D eigenvalue weighted by molar-refractivity contribution is 7.10. The zero-order valence-electron chi connectivity index (χ0n) is 9.91. The van der Waals surface area contributed by atoms with Crippen LogP contribution in [0.3, 0.4) is 0 Å². The molecule has 0 amide bonds. The molecule has 16 heavy (non-hydrogen) atoms. The van der Waals surface area contributed by atoms with E-state index in [-0.39, 0.29) is 6.04 Å². The molecule has 2 nitrogen and oxygen atoms in total. The Bertz CT molecular complexity index is 418. The van der Waals surface area contributed by atoms with Crippen LogP contribution in [0.25, 0.3) is 0 Å². The molecule has 0 spiro atoms. The second-order valence-electron chi connectivity index (χ2n) is 3.89. The molecule has 0 saturated heterocycles. The highest BCUT2D eigenvalue weighted by Gasteiger charge is 2.19. The fourth-order valence-electron chi connectivity index (χ4n) is 1.92. The number of hydrogen-bond acceptors (Lipinski definition) is 3. The van der Waals surface area contributed by atoms with Crippen molar-refractivity contribution in [3.8, 4) is 0 Å². The van der Waals surface area contributed by atoms with Crippen LogP contribution in [-0.4, -0.2) is 6.54 Å². The minimum absolute atomic E-state index is 0.267. The number of rotatable bonds is 4. The van der Waals surface area contributed by atoms with Crippen molar-refractivity contribution in [1.29, 1.82) is 0 Å². The highest BCUT2D eigenvalue weighted by Crippen LogP contribution is 2.31. The van der Waals surface area contributed by atoms with E-state index in [9.17, 15) is 0 Å². The molecule has 2 aromatic rings. The third kappa shape index (κ3) is 2.06. The van der Waals surface area contributed by atoms with Gasteiger partial charge in [-0.3, -0.25) is 0 Å². The molecule has 0 aliphatic carbocycles. The van der Waals surface area contributed by atoms with Crippen LogP contribution in [0.15, 0.2) is 28.2 Å². The molecule has 3 heteroatoms. The standard InChI is InChI=1S/C13H17NOS/c1-4-14-12(11-5-7-15-10(11)3)13-9(2)6-8-16-13/h5-8,12,14H,4H2,1-3H3. The fraction of sp³-hybridized carbons (Fsp3) is 0.385. The number of aryl methyl sites for hydroxylation is 2. The van der Waals surface area contributed by atoms with Gasteiger partial charge < -0.3 is 9.73 Å². The first-order valence-electron chi connectivity index (χ1n) is 5.55. The van der Waals surface area contributed by atoms with Crippen LogP contribution in [-0.2, 0) is 0 Å². The average molecular weight is 235 g/mol. The Morgan fingerprint density at radius 1 is 1.38 bits per heavy atom. The van der Waals surface area contributed by atoms with Crippen LogP contribution < -0.4 is 5.32 Å². The van der Waals surface area contributed by atoms with Gasteiger partial charge in [-0.15, -0.1) is 11.3 Å². The minimum atomic E-state index is 0.267. The third-order valence-corrected chi connectivity index (χ3v) is 3.87. The lowest BCUT2D eigenvalue weighted by atomic mass is 10.0. The van der Waals surface area contributed by atoms with Crippen LogP contribution in [0.5, 0.6) is 0 Å². The zero-order valence-corrected chi connectivity index (χ0v) is 10.7. The fourth-order valence-corrected chi connectivity index (χ4v) is 2.94. The van der Waals surface area contributed by atoms with Crippen molar-refractivity contribution in [1.82, 2.24) is 5.32 Å². The van der Waals surface area contributed by atoms with Crippen molar-refractivity contribution in [3.05, 3.63) is 45.5 Å². The molecular formula is C13H17NOS. The van der Waals surface area contributed by atoms with Gasteiger partial charge in [0.1, 0.15) is 5.76 Å². The highest BCUT2D eigenvalue weighted by atomic mass is 32.1. The third-order valence-electron chi connectivity index (χ3n) is 2.78. The maximum atomic E-state index is 5.39. The lowest BCUT2D eigenvalue weighted by Gasteiger charge is -2.17. The largest absolute Gasteiger partial charge is 0.469 e. The summed E-state index contributed by atoms with van der Waals surface area (Å²) in [5.41, 5.74) is 2.59. The SMILES string of the molecule is CCNC(c1ccoc1C)c1sccc1C. The molecule has 2 aromatic heterocycles. The summed E-state index contributed by atoms with van der Waals surface area (Å²) in [5, 5.41) is 5.66. The van der Waals surface area contributed by atoms with E-state index >= 15 is 0 Å². The van der Waals surface area contributed by atoms with Gasteiger partial charge in [0.25, 0.3) is 0 Å². The number of nitrogens with one attached hydrogen (secondary N) is 1. The number of thiophene rings is 1. The summed E-state index contributed by atoms with van der Waals surface area (Å²) in [5.74, 6) is 0.999. The van der Waals surface area contributed by atoms with Gasteiger partial charge in [-0.2, -0.15) is 0 Å². The Labute approximate surface area is 100 Å². The molecule has 0 radical (unpaired) electrons. The number of furan rings is 1. The van der Waals surface area contributed by atoms with Gasteiger partial charge in [-0.1, -0.05) is 6.92 Å². The van der Waals surface area contributed by atoms with Gasteiger partial charge in [0, 0.05) is 10.4 Å². The first-order valence-corrected chi connectivity index (χ1v) is 6.43. The summed E-state index contributed by atoms with van der Waals surface area (Å²) in [6, 6.07) is 4.49. The summed E-state index contributed by atoms with van der Waals surface area (Å²) >= 11 is 1.80. The van der Waals surface area contributed by atoms with Gasteiger partial charge in [0.2, 0.25) is 0 Å². The van der Waals surface area contributed by atoms with Gasteiger partial charge >= 0.3 is 0 Å². The Morgan fingerprint density at radius 3 is 2.69 bits per heavy atom. The molecular weight excluding hydrogens is 218 g/mol. The first kappa shape index (κ1) is 11.4. The normalized spacial score (nSPS) is 12.9. The summed E-state index contributed by atoms with van der Waals surface area (Å²) in [6.45, 7) is 7.26. The summed E-state index contributed by atoms with van der Waals surface area (Å²) in [4.78, 5) is 1.38. The second kappa shape index (κ2) is 4.85. The van der Waals surface area contributed by atoms with Gasteiger partial charge in [0.15, 0.2) is 0 Å². The molecule has 0 bridgehead atoms. The zero-order chi connectivity index (χ0) is 11.5. The van der Waals surface area contributed by atoms with E-state index in [1.54, 1.807) is 17.6 Å². The van der Waals surface area contributed by atoms with Crippen LogP contribution in [0.4, 0.5) is 0 Å². The average Bonchev–Trinajstić information content (AvgIpc) is 2.84. The lowest BCUT2D eigenvalue weighted by molar-refractivity contribution is 0.520. The monoisotopic (exact) mass is 235 g/mol. The maximum Gasteiger partial charge on any atom is 0.105 e.